The summed E-state index contributed by atoms with van der Waals surface area (Å²) in [5.74, 6) is -1.42. The number of ether oxygens (including phenoxy) is 1. The quantitative estimate of drug-likeness (QED) is 0.158. The van der Waals surface area contributed by atoms with E-state index in [9.17, 15) is 19.5 Å². The van der Waals surface area contributed by atoms with Gasteiger partial charge in [0.15, 0.2) is 11.5 Å². The lowest BCUT2D eigenvalue weighted by Crippen LogP contribution is -2.50. The van der Waals surface area contributed by atoms with Crippen LogP contribution in [0.1, 0.15) is 38.3 Å². The van der Waals surface area contributed by atoms with Crippen molar-refractivity contribution < 1.29 is 24.2 Å². The number of carbonyl (C=O) groups excluding carboxylic acids is 3. The molecule has 3 aliphatic heterocycles. The SMILES string of the molecule is Cc1ccc(C(=O)C2=C3NCCCN3C(O)(c3ccccc3)/C2=C2/C(=O)Oc3ccc(Br)cc3C2=O)cc1. The Morgan fingerprint density at radius 3 is 2.53 bits per heavy atom. The van der Waals surface area contributed by atoms with Gasteiger partial charge in [0, 0.05) is 34.3 Å². The number of carbonyl (C=O) groups is 3. The zero-order chi connectivity index (χ0) is 26.6. The van der Waals surface area contributed by atoms with E-state index in [0.717, 1.165) is 5.56 Å². The largest absolute Gasteiger partial charge is 0.422 e. The minimum atomic E-state index is -1.97. The predicted octanol–water partition coefficient (Wildman–Crippen LogP) is 4.40. The fraction of sp³-hybridized carbons (Fsp3) is 0.167. The molecule has 0 spiro atoms. The highest BCUT2D eigenvalue weighted by molar-refractivity contribution is 9.10. The molecule has 0 amide bonds. The Labute approximate surface area is 227 Å². The van der Waals surface area contributed by atoms with Crippen LogP contribution in [-0.2, 0) is 10.5 Å². The summed E-state index contributed by atoms with van der Waals surface area (Å²) >= 11 is 3.38. The summed E-state index contributed by atoms with van der Waals surface area (Å²) in [6.07, 6.45) is 0.682. The summed E-state index contributed by atoms with van der Waals surface area (Å²) in [6, 6.07) is 20.6. The number of rotatable bonds is 3. The predicted molar refractivity (Wildman–Crippen MR) is 143 cm³/mol. The van der Waals surface area contributed by atoms with E-state index in [-0.39, 0.29) is 28.0 Å². The van der Waals surface area contributed by atoms with E-state index in [2.05, 4.69) is 21.2 Å². The molecule has 1 saturated heterocycles. The first kappa shape index (κ1) is 24.3. The number of esters is 1. The summed E-state index contributed by atoms with van der Waals surface area (Å²) in [5.41, 5.74) is -0.360. The Kier molecular flexibility index (Phi) is 5.81. The summed E-state index contributed by atoms with van der Waals surface area (Å²) in [5, 5.41) is 15.8. The van der Waals surface area contributed by atoms with E-state index in [0.29, 0.717) is 40.9 Å². The van der Waals surface area contributed by atoms with Crippen molar-refractivity contribution in [2.75, 3.05) is 13.1 Å². The van der Waals surface area contributed by atoms with Gasteiger partial charge >= 0.3 is 5.97 Å². The van der Waals surface area contributed by atoms with Crippen LogP contribution in [0.15, 0.2) is 99.8 Å². The van der Waals surface area contributed by atoms with Gasteiger partial charge in [-0.05, 0) is 31.5 Å². The van der Waals surface area contributed by atoms with E-state index in [1.165, 1.54) is 6.07 Å². The van der Waals surface area contributed by atoms with Gasteiger partial charge < -0.3 is 20.1 Å². The molecule has 6 rings (SSSR count). The topological polar surface area (TPSA) is 95.9 Å². The minimum absolute atomic E-state index is 0.0701. The first-order valence-electron chi connectivity index (χ1n) is 12.3. The second-order valence-corrected chi connectivity index (χ2v) is 10.4. The van der Waals surface area contributed by atoms with Gasteiger partial charge in [0.2, 0.25) is 5.78 Å². The lowest BCUT2D eigenvalue weighted by atomic mass is 9.82. The number of aryl methyl sites for hydroxylation is 1. The molecule has 1 unspecified atom stereocenters. The molecule has 3 aromatic carbocycles. The highest BCUT2D eigenvalue weighted by atomic mass is 79.9. The van der Waals surface area contributed by atoms with Gasteiger partial charge in [-0.25, -0.2) is 4.79 Å². The molecule has 0 aromatic heterocycles. The van der Waals surface area contributed by atoms with Crippen molar-refractivity contribution >= 4 is 33.5 Å². The van der Waals surface area contributed by atoms with Gasteiger partial charge in [0.25, 0.3) is 0 Å². The molecular formula is C30H23BrN2O5. The van der Waals surface area contributed by atoms with Crippen LogP contribution in [0.5, 0.6) is 5.75 Å². The van der Waals surface area contributed by atoms with Gasteiger partial charge in [0.1, 0.15) is 17.1 Å². The number of halogens is 1. The number of nitrogens with one attached hydrogen (secondary N) is 1. The van der Waals surface area contributed by atoms with Crippen molar-refractivity contribution in [2.24, 2.45) is 0 Å². The van der Waals surface area contributed by atoms with Gasteiger partial charge in [-0.3, -0.25) is 9.59 Å². The summed E-state index contributed by atoms with van der Waals surface area (Å²) < 4.78 is 6.22. The van der Waals surface area contributed by atoms with Crippen LogP contribution < -0.4 is 10.1 Å². The summed E-state index contributed by atoms with van der Waals surface area (Å²) in [4.78, 5) is 43.3. The highest BCUT2D eigenvalue weighted by Crippen LogP contribution is 2.50. The number of fused-ring (bicyclic) bond motifs is 2. The van der Waals surface area contributed by atoms with E-state index in [1.807, 2.05) is 25.1 Å². The molecular weight excluding hydrogens is 548 g/mol. The Morgan fingerprint density at radius 2 is 1.79 bits per heavy atom. The third kappa shape index (κ3) is 3.63. The lowest BCUT2D eigenvalue weighted by Gasteiger charge is -2.41. The second kappa shape index (κ2) is 9.08. The van der Waals surface area contributed by atoms with Crippen molar-refractivity contribution in [1.82, 2.24) is 10.2 Å². The molecule has 1 fully saturated rings. The normalized spacial score (nSPS) is 22.6. The smallest absolute Gasteiger partial charge is 0.348 e. The van der Waals surface area contributed by atoms with Crippen molar-refractivity contribution in [2.45, 2.75) is 19.1 Å². The van der Waals surface area contributed by atoms with Crippen LogP contribution in [0, 0.1) is 6.92 Å². The fourth-order valence-electron chi connectivity index (χ4n) is 5.33. The first-order chi connectivity index (χ1) is 18.3. The van der Waals surface area contributed by atoms with Gasteiger partial charge in [-0.15, -0.1) is 0 Å². The maximum Gasteiger partial charge on any atom is 0.348 e. The Morgan fingerprint density at radius 1 is 1.05 bits per heavy atom. The average molecular weight is 571 g/mol. The van der Waals surface area contributed by atoms with Gasteiger partial charge in [-0.2, -0.15) is 0 Å². The van der Waals surface area contributed by atoms with E-state index in [4.69, 9.17) is 4.74 Å². The maximum atomic E-state index is 14.2. The fourth-order valence-corrected chi connectivity index (χ4v) is 5.69. The molecule has 7 nitrogen and oxygen atoms in total. The van der Waals surface area contributed by atoms with Crippen LogP contribution in [0.4, 0.5) is 0 Å². The van der Waals surface area contributed by atoms with Crippen molar-refractivity contribution in [3.63, 3.8) is 0 Å². The molecule has 3 aliphatic rings. The van der Waals surface area contributed by atoms with Crippen LogP contribution in [-0.4, -0.2) is 40.6 Å². The average Bonchev–Trinajstić information content (AvgIpc) is 3.19. The molecule has 8 heteroatoms. The Bertz CT molecular complexity index is 1580. The third-order valence-corrected chi connectivity index (χ3v) is 7.63. The number of hydrogen-bond donors (Lipinski definition) is 2. The molecule has 2 N–H and O–H groups in total. The van der Waals surface area contributed by atoms with E-state index < -0.39 is 23.3 Å². The Balaban J connectivity index is 1.68. The Hall–Kier alpha value is -4.01. The van der Waals surface area contributed by atoms with E-state index >= 15 is 0 Å². The maximum absolute atomic E-state index is 14.2. The molecule has 38 heavy (non-hydrogen) atoms. The minimum Gasteiger partial charge on any atom is -0.422 e. The summed E-state index contributed by atoms with van der Waals surface area (Å²) in [6.45, 7) is 2.89. The molecule has 0 saturated carbocycles. The number of aliphatic hydroxyl groups is 1. The molecule has 1 atom stereocenters. The monoisotopic (exact) mass is 570 g/mol. The van der Waals surface area contributed by atoms with Crippen LogP contribution in [0.25, 0.3) is 0 Å². The zero-order valence-electron chi connectivity index (χ0n) is 20.5. The van der Waals surface area contributed by atoms with Gasteiger partial charge in [-0.1, -0.05) is 76.1 Å². The molecule has 0 bridgehead atoms. The van der Waals surface area contributed by atoms with Crippen LogP contribution in [0.2, 0.25) is 0 Å². The lowest BCUT2D eigenvalue weighted by molar-refractivity contribution is -0.130. The third-order valence-electron chi connectivity index (χ3n) is 7.13. The van der Waals surface area contributed by atoms with Crippen molar-refractivity contribution in [3.8, 4) is 5.75 Å². The molecule has 3 aromatic rings. The van der Waals surface area contributed by atoms with Crippen LogP contribution >= 0.6 is 15.9 Å². The second-order valence-electron chi connectivity index (χ2n) is 9.50. The van der Waals surface area contributed by atoms with Crippen molar-refractivity contribution in [3.05, 3.63) is 122 Å². The standard InChI is InChI=1S/C30H23BrN2O5/c1-17-8-10-18(11-9-17)26(34)23-25(24-27(35)21-16-20(31)12-13-22(21)38-29(24)36)30(37,19-6-3-2-4-7-19)33-15-5-14-32-28(23)33/h2-4,6-13,16,32,37H,5,14-15H2,1H3/b25-24+. The van der Waals surface area contributed by atoms with Crippen LogP contribution in [0.3, 0.4) is 0 Å². The number of Topliss-reactive ketones (excluding diaryl/α,β-unsaturated/α-hetero) is 2. The van der Waals surface area contributed by atoms with Gasteiger partial charge in [0.05, 0.1) is 11.1 Å². The zero-order valence-corrected chi connectivity index (χ0v) is 22.0. The molecule has 0 radical (unpaired) electrons. The molecule has 0 aliphatic carbocycles. The molecule has 3 heterocycles. The molecule has 190 valence electrons. The number of nitrogens with zero attached hydrogens (tertiary/aromatic N) is 1. The number of benzene rings is 3. The highest BCUT2D eigenvalue weighted by Gasteiger charge is 2.56. The first-order valence-corrected chi connectivity index (χ1v) is 13.1. The number of ketones is 2. The summed E-state index contributed by atoms with van der Waals surface area (Å²) in [7, 11) is 0. The van der Waals surface area contributed by atoms with E-state index in [1.54, 1.807) is 53.4 Å². The number of hydrogen-bond acceptors (Lipinski definition) is 7. The van der Waals surface area contributed by atoms with Crippen molar-refractivity contribution in [1.29, 1.82) is 0 Å².